The summed E-state index contributed by atoms with van der Waals surface area (Å²) in [6, 6.07) is 30.0. The van der Waals surface area contributed by atoms with Gasteiger partial charge >= 0.3 is 0 Å². The van der Waals surface area contributed by atoms with E-state index in [0.29, 0.717) is 11.0 Å². The topological polar surface area (TPSA) is 34.4 Å². The van der Waals surface area contributed by atoms with Gasteiger partial charge in [-0.05, 0) is 41.0 Å². The van der Waals surface area contributed by atoms with Crippen LogP contribution in [0.1, 0.15) is 0 Å². The fourth-order valence-electron chi connectivity index (χ4n) is 3.47. The molecule has 128 valence electrons. The molecule has 2 aromatic heterocycles. The van der Waals surface area contributed by atoms with Crippen molar-refractivity contribution in [1.82, 2.24) is 9.38 Å². The molecule has 0 amide bonds. The Labute approximate surface area is 156 Å². The maximum Gasteiger partial charge on any atom is 0.265 e. The Hall–Kier alpha value is -3.72. The van der Waals surface area contributed by atoms with Crippen molar-refractivity contribution in [2.24, 2.45) is 0 Å². The van der Waals surface area contributed by atoms with Gasteiger partial charge in [-0.1, -0.05) is 66.7 Å². The predicted molar refractivity (Wildman–Crippen MR) is 110 cm³/mol. The lowest BCUT2D eigenvalue weighted by Gasteiger charge is -2.09. The lowest BCUT2D eigenvalue weighted by molar-refractivity contribution is 1.08. The Kier molecular flexibility index (Phi) is 3.58. The van der Waals surface area contributed by atoms with E-state index in [1.54, 1.807) is 10.6 Å². The van der Waals surface area contributed by atoms with Crippen molar-refractivity contribution < 1.29 is 0 Å². The molecule has 5 aromatic rings. The molecule has 3 heteroatoms. The Balaban J connectivity index is 1.70. The number of pyridine rings is 1. The predicted octanol–water partition coefficient (Wildman–Crippen LogP) is 5.18. The van der Waals surface area contributed by atoms with E-state index in [-0.39, 0.29) is 5.56 Å². The molecule has 0 N–H and O–H groups in total. The van der Waals surface area contributed by atoms with Crippen LogP contribution in [0.3, 0.4) is 0 Å². The highest BCUT2D eigenvalue weighted by Crippen LogP contribution is 2.27. The highest BCUT2D eigenvalue weighted by molar-refractivity contribution is 5.85. The monoisotopic (exact) mass is 348 g/mol. The molecule has 27 heavy (non-hydrogen) atoms. The zero-order valence-corrected chi connectivity index (χ0v) is 14.5. The largest absolute Gasteiger partial charge is 0.268 e. The van der Waals surface area contributed by atoms with Crippen molar-refractivity contribution in [3.05, 3.63) is 108 Å². The van der Waals surface area contributed by atoms with Crippen molar-refractivity contribution in [1.29, 1.82) is 0 Å². The third-order valence-corrected chi connectivity index (χ3v) is 4.85. The molecule has 0 aliphatic heterocycles. The molecule has 0 radical (unpaired) electrons. The first-order valence-corrected chi connectivity index (χ1v) is 8.87. The molecule has 0 spiro atoms. The van der Waals surface area contributed by atoms with Crippen LogP contribution in [-0.4, -0.2) is 9.38 Å². The third-order valence-electron chi connectivity index (χ3n) is 4.85. The molecule has 0 aliphatic rings. The summed E-state index contributed by atoms with van der Waals surface area (Å²) in [6.07, 6.45) is 1.78. The Bertz CT molecular complexity index is 1320. The van der Waals surface area contributed by atoms with Crippen molar-refractivity contribution in [3.8, 4) is 22.3 Å². The molecule has 0 saturated heterocycles. The molecule has 2 heterocycles. The highest BCUT2D eigenvalue weighted by atomic mass is 16.1. The zero-order chi connectivity index (χ0) is 18.2. The summed E-state index contributed by atoms with van der Waals surface area (Å²) in [5.41, 5.74) is 5.68. The van der Waals surface area contributed by atoms with Crippen molar-refractivity contribution in [2.75, 3.05) is 0 Å². The van der Waals surface area contributed by atoms with E-state index in [0.717, 1.165) is 22.2 Å². The summed E-state index contributed by atoms with van der Waals surface area (Å²) in [5.74, 6) is 0. The number of aromatic nitrogens is 2. The summed E-state index contributed by atoms with van der Waals surface area (Å²) >= 11 is 0. The van der Waals surface area contributed by atoms with E-state index in [2.05, 4.69) is 36.4 Å². The van der Waals surface area contributed by atoms with E-state index in [1.807, 2.05) is 54.6 Å². The quantitative estimate of drug-likeness (QED) is 0.412. The van der Waals surface area contributed by atoms with Gasteiger partial charge in [0.1, 0.15) is 5.65 Å². The van der Waals surface area contributed by atoms with Gasteiger partial charge in [0.25, 0.3) is 5.56 Å². The maximum atomic E-state index is 12.8. The van der Waals surface area contributed by atoms with E-state index in [1.165, 1.54) is 5.56 Å². The summed E-state index contributed by atoms with van der Waals surface area (Å²) < 4.78 is 1.63. The standard InChI is InChI=1S/C24H16N2O/c27-24-21-9-4-5-11-22(21)25-23-20(10-6-16-26(23)24)19-14-12-18(13-15-19)17-7-2-1-3-8-17/h1-16H. The van der Waals surface area contributed by atoms with E-state index < -0.39 is 0 Å². The van der Waals surface area contributed by atoms with Gasteiger partial charge in [0, 0.05) is 11.8 Å². The maximum absolute atomic E-state index is 12.8. The minimum atomic E-state index is -0.0432. The van der Waals surface area contributed by atoms with Crippen molar-refractivity contribution >= 4 is 16.6 Å². The fraction of sp³-hybridized carbons (Fsp3) is 0. The first-order valence-electron chi connectivity index (χ1n) is 8.87. The molecular weight excluding hydrogens is 332 g/mol. The summed E-state index contributed by atoms with van der Waals surface area (Å²) in [4.78, 5) is 17.6. The molecule has 0 aliphatic carbocycles. The Morgan fingerprint density at radius 2 is 1.30 bits per heavy atom. The SMILES string of the molecule is O=c1c2ccccc2nc2c(-c3ccc(-c4ccccc4)cc3)cccn12. The number of nitrogens with zero attached hydrogens (tertiary/aromatic N) is 2. The minimum Gasteiger partial charge on any atom is -0.268 e. The van der Waals surface area contributed by atoms with Crippen LogP contribution < -0.4 is 5.56 Å². The van der Waals surface area contributed by atoms with Gasteiger partial charge in [-0.25, -0.2) is 4.98 Å². The third kappa shape index (κ3) is 2.61. The number of benzene rings is 3. The molecule has 0 saturated carbocycles. The molecular formula is C24H16N2O. The van der Waals surface area contributed by atoms with Crippen LogP contribution in [0.25, 0.3) is 38.8 Å². The van der Waals surface area contributed by atoms with Gasteiger partial charge in [0.2, 0.25) is 0 Å². The second kappa shape index (κ2) is 6.22. The van der Waals surface area contributed by atoms with E-state index in [4.69, 9.17) is 4.98 Å². The summed E-state index contributed by atoms with van der Waals surface area (Å²) in [6.45, 7) is 0. The number of fused-ring (bicyclic) bond motifs is 2. The van der Waals surface area contributed by atoms with Crippen LogP contribution in [-0.2, 0) is 0 Å². The highest BCUT2D eigenvalue weighted by Gasteiger charge is 2.10. The van der Waals surface area contributed by atoms with Gasteiger partial charge in [0.15, 0.2) is 0 Å². The Morgan fingerprint density at radius 1 is 0.630 bits per heavy atom. The second-order valence-corrected chi connectivity index (χ2v) is 6.49. The van der Waals surface area contributed by atoms with Gasteiger partial charge in [-0.15, -0.1) is 0 Å². The number of hydrogen-bond donors (Lipinski definition) is 0. The van der Waals surface area contributed by atoms with Crippen LogP contribution in [0, 0.1) is 0 Å². The normalized spacial score (nSPS) is 11.1. The van der Waals surface area contributed by atoms with Crippen molar-refractivity contribution in [3.63, 3.8) is 0 Å². The Morgan fingerprint density at radius 3 is 2.11 bits per heavy atom. The van der Waals surface area contributed by atoms with Gasteiger partial charge in [-0.3, -0.25) is 9.20 Å². The minimum absolute atomic E-state index is 0.0432. The number of rotatable bonds is 2. The molecule has 0 fully saturated rings. The second-order valence-electron chi connectivity index (χ2n) is 6.49. The number of para-hydroxylation sites is 1. The van der Waals surface area contributed by atoms with E-state index in [9.17, 15) is 4.79 Å². The van der Waals surface area contributed by atoms with Gasteiger partial charge in [0.05, 0.1) is 10.9 Å². The summed E-state index contributed by atoms with van der Waals surface area (Å²) in [7, 11) is 0. The average molecular weight is 348 g/mol. The van der Waals surface area contributed by atoms with Crippen LogP contribution in [0.2, 0.25) is 0 Å². The number of hydrogen-bond acceptors (Lipinski definition) is 2. The van der Waals surface area contributed by atoms with Crippen LogP contribution in [0.4, 0.5) is 0 Å². The van der Waals surface area contributed by atoms with Crippen molar-refractivity contribution in [2.45, 2.75) is 0 Å². The molecule has 3 nitrogen and oxygen atoms in total. The average Bonchev–Trinajstić information content (AvgIpc) is 2.74. The smallest absolute Gasteiger partial charge is 0.265 e. The molecule has 5 rings (SSSR count). The van der Waals surface area contributed by atoms with E-state index >= 15 is 0 Å². The first-order chi connectivity index (χ1) is 13.3. The molecule has 0 unspecified atom stereocenters. The van der Waals surface area contributed by atoms with Gasteiger partial charge < -0.3 is 0 Å². The first kappa shape index (κ1) is 15.5. The lowest BCUT2D eigenvalue weighted by Crippen LogP contribution is -2.15. The molecule has 3 aromatic carbocycles. The zero-order valence-electron chi connectivity index (χ0n) is 14.5. The molecule has 0 bridgehead atoms. The van der Waals surface area contributed by atoms with Gasteiger partial charge in [-0.2, -0.15) is 0 Å². The van der Waals surface area contributed by atoms with Crippen LogP contribution in [0.15, 0.2) is 102 Å². The summed E-state index contributed by atoms with van der Waals surface area (Å²) in [5, 5.41) is 0.631. The molecule has 0 atom stereocenters. The van der Waals surface area contributed by atoms with Crippen LogP contribution >= 0.6 is 0 Å². The van der Waals surface area contributed by atoms with Crippen LogP contribution in [0.5, 0.6) is 0 Å². The fourth-order valence-corrected chi connectivity index (χ4v) is 3.47. The lowest BCUT2D eigenvalue weighted by atomic mass is 10.0.